The number of amides is 1. The Morgan fingerprint density at radius 2 is 2.26 bits per heavy atom. The van der Waals surface area contributed by atoms with Crippen molar-refractivity contribution in [2.24, 2.45) is 5.10 Å². The van der Waals surface area contributed by atoms with Gasteiger partial charge in [-0.05, 0) is 0 Å². The summed E-state index contributed by atoms with van der Waals surface area (Å²) in [4.78, 5) is 22.0. The summed E-state index contributed by atoms with van der Waals surface area (Å²) >= 11 is 0. The highest BCUT2D eigenvalue weighted by atomic mass is 16.4. The second-order valence-corrected chi connectivity index (χ2v) is 3.84. The van der Waals surface area contributed by atoms with Gasteiger partial charge in [-0.15, -0.1) is 0 Å². The number of hydrazone groups is 1. The number of rotatable bonds is 3. The molecule has 1 aliphatic heterocycles. The quantitative estimate of drug-likeness (QED) is 0.427. The van der Waals surface area contributed by atoms with Crippen LogP contribution in [0.3, 0.4) is 0 Å². The van der Waals surface area contributed by atoms with E-state index in [4.69, 9.17) is 0 Å². The van der Waals surface area contributed by atoms with Crippen LogP contribution in [0, 0.1) is 0 Å². The minimum atomic E-state index is -1.36. The van der Waals surface area contributed by atoms with E-state index < -0.39 is 18.1 Å². The molecule has 1 amide bonds. The lowest BCUT2D eigenvalue weighted by molar-refractivity contribution is -0.355. The second-order valence-electron chi connectivity index (χ2n) is 3.84. The van der Waals surface area contributed by atoms with Gasteiger partial charge in [0.15, 0.2) is 12.8 Å². The van der Waals surface area contributed by atoms with Crippen molar-refractivity contribution in [2.45, 2.75) is 6.23 Å². The van der Waals surface area contributed by atoms with E-state index in [1.165, 1.54) is 12.1 Å². The SMILES string of the molecule is [NH3+]CC(=O)N/N=C1/c2cccc(C(=O)[O-])c2N[C@@H]1O. The highest BCUT2D eigenvalue weighted by Gasteiger charge is 2.28. The zero-order chi connectivity index (χ0) is 14.0. The zero-order valence-electron chi connectivity index (χ0n) is 9.84. The Labute approximate surface area is 107 Å². The third-order valence-electron chi connectivity index (χ3n) is 2.63. The number of aromatic carboxylic acids is 1. The number of fused-ring (bicyclic) bond motifs is 1. The van der Waals surface area contributed by atoms with Crippen molar-refractivity contribution in [2.75, 3.05) is 11.9 Å². The maximum absolute atomic E-state index is 11.1. The number of carbonyl (C=O) groups is 2. The highest BCUT2D eigenvalue weighted by molar-refractivity contribution is 6.16. The molecular weight excluding hydrogens is 252 g/mol. The van der Waals surface area contributed by atoms with Gasteiger partial charge in [-0.3, -0.25) is 4.79 Å². The van der Waals surface area contributed by atoms with Gasteiger partial charge in [0.2, 0.25) is 0 Å². The Morgan fingerprint density at radius 1 is 1.53 bits per heavy atom. The van der Waals surface area contributed by atoms with Gasteiger partial charge >= 0.3 is 0 Å². The molecule has 8 heteroatoms. The Morgan fingerprint density at radius 3 is 2.89 bits per heavy atom. The number of anilines is 1. The number of carbonyl (C=O) groups excluding carboxylic acids is 2. The summed E-state index contributed by atoms with van der Waals surface area (Å²) in [7, 11) is 0. The molecule has 6 N–H and O–H groups in total. The van der Waals surface area contributed by atoms with Crippen molar-refractivity contribution in [1.82, 2.24) is 5.43 Å². The van der Waals surface area contributed by atoms with Crippen LogP contribution in [0.4, 0.5) is 5.69 Å². The van der Waals surface area contributed by atoms with Crippen LogP contribution in [-0.2, 0) is 4.79 Å². The molecule has 0 fully saturated rings. The van der Waals surface area contributed by atoms with E-state index in [-0.39, 0.29) is 23.5 Å². The smallest absolute Gasteiger partial charge is 0.295 e. The standard InChI is InChI=1S/C11H12N4O4/c12-4-7(16)14-15-9-5-2-1-3-6(11(18)19)8(5)13-10(9)17/h1-3,10,13,17H,4,12H2,(H,14,16)(H,18,19)/b15-9-/t10-/m1/s1. The van der Waals surface area contributed by atoms with E-state index in [0.717, 1.165) is 0 Å². The number of carboxylic acid groups (broad SMARTS) is 1. The van der Waals surface area contributed by atoms with E-state index in [1.807, 2.05) is 0 Å². The average molecular weight is 264 g/mol. The van der Waals surface area contributed by atoms with Crippen molar-refractivity contribution in [3.05, 3.63) is 29.3 Å². The van der Waals surface area contributed by atoms with E-state index in [0.29, 0.717) is 5.56 Å². The van der Waals surface area contributed by atoms with E-state index in [1.54, 1.807) is 6.07 Å². The first kappa shape index (κ1) is 13.0. The summed E-state index contributed by atoms with van der Waals surface area (Å²) in [5, 5.41) is 27.1. The molecule has 0 saturated carbocycles. The summed E-state index contributed by atoms with van der Waals surface area (Å²) in [6.07, 6.45) is -1.19. The van der Waals surface area contributed by atoms with Crippen LogP contribution >= 0.6 is 0 Å². The Bertz CT molecular complexity index is 570. The maximum Gasteiger partial charge on any atom is 0.295 e. The number of carboxylic acids is 1. The largest absolute Gasteiger partial charge is 0.545 e. The van der Waals surface area contributed by atoms with Crippen LogP contribution in [0.2, 0.25) is 0 Å². The normalized spacial score (nSPS) is 18.8. The summed E-state index contributed by atoms with van der Waals surface area (Å²) in [5.41, 5.74) is 6.29. The molecule has 1 aliphatic rings. The lowest BCUT2D eigenvalue weighted by Gasteiger charge is -2.08. The molecule has 8 nitrogen and oxygen atoms in total. The van der Waals surface area contributed by atoms with E-state index in [2.05, 4.69) is 21.6 Å². The molecule has 19 heavy (non-hydrogen) atoms. The molecule has 0 aliphatic carbocycles. The molecule has 0 radical (unpaired) electrons. The number of benzene rings is 1. The third kappa shape index (κ3) is 2.39. The fourth-order valence-corrected chi connectivity index (χ4v) is 1.74. The van der Waals surface area contributed by atoms with Gasteiger partial charge in [-0.2, -0.15) is 5.10 Å². The van der Waals surface area contributed by atoms with Crippen LogP contribution < -0.4 is 21.6 Å². The fourth-order valence-electron chi connectivity index (χ4n) is 1.74. The number of nitrogens with one attached hydrogen (secondary N) is 2. The molecule has 1 heterocycles. The van der Waals surface area contributed by atoms with Crippen LogP contribution in [0.1, 0.15) is 15.9 Å². The van der Waals surface area contributed by atoms with Gasteiger partial charge in [-0.25, -0.2) is 5.43 Å². The first-order valence-electron chi connectivity index (χ1n) is 5.49. The van der Waals surface area contributed by atoms with Crippen molar-refractivity contribution < 1.29 is 25.5 Å². The van der Waals surface area contributed by atoms with Crippen LogP contribution in [0.5, 0.6) is 0 Å². The average Bonchev–Trinajstić information content (AvgIpc) is 2.71. The molecule has 100 valence electrons. The molecule has 0 aromatic heterocycles. The second kappa shape index (κ2) is 5.04. The number of aliphatic hydroxyl groups is 1. The Balaban J connectivity index is 2.39. The first-order valence-corrected chi connectivity index (χ1v) is 5.49. The van der Waals surface area contributed by atoms with Crippen LogP contribution in [0.25, 0.3) is 0 Å². The zero-order valence-corrected chi connectivity index (χ0v) is 9.84. The molecule has 1 aromatic carbocycles. The lowest BCUT2D eigenvalue weighted by Crippen LogP contribution is -2.56. The molecule has 0 saturated heterocycles. The van der Waals surface area contributed by atoms with Gasteiger partial charge < -0.3 is 26.1 Å². The van der Waals surface area contributed by atoms with Crippen molar-refractivity contribution >= 4 is 23.3 Å². The first-order chi connectivity index (χ1) is 9.04. The molecule has 1 atom stereocenters. The van der Waals surface area contributed by atoms with Gasteiger partial charge in [0, 0.05) is 11.1 Å². The molecular formula is C11H12N4O4. The molecule has 1 aromatic rings. The van der Waals surface area contributed by atoms with Crippen LogP contribution in [-0.4, -0.2) is 35.5 Å². The number of hydrogen-bond donors (Lipinski definition) is 4. The number of quaternary nitrogens is 1. The minimum Gasteiger partial charge on any atom is -0.545 e. The maximum atomic E-state index is 11.1. The monoisotopic (exact) mass is 264 g/mol. The fraction of sp³-hybridized carbons (Fsp3) is 0.182. The van der Waals surface area contributed by atoms with Gasteiger partial charge in [0.25, 0.3) is 5.91 Å². The topological polar surface area (TPSA) is 141 Å². The van der Waals surface area contributed by atoms with Gasteiger partial charge in [-0.1, -0.05) is 18.2 Å². The van der Waals surface area contributed by atoms with Gasteiger partial charge in [0.05, 0.1) is 11.7 Å². The minimum absolute atomic E-state index is 0.00620. The Kier molecular flexibility index (Phi) is 3.45. The number of aliphatic hydroxyl groups excluding tert-OH is 1. The van der Waals surface area contributed by atoms with Crippen molar-refractivity contribution in [1.29, 1.82) is 0 Å². The summed E-state index contributed by atoms with van der Waals surface area (Å²) in [5.74, 6) is -1.77. The van der Waals surface area contributed by atoms with Crippen molar-refractivity contribution in [3.8, 4) is 0 Å². The third-order valence-corrected chi connectivity index (χ3v) is 2.63. The van der Waals surface area contributed by atoms with Crippen molar-refractivity contribution in [3.63, 3.8) is 0 Å². The summed E-state index contributed by atoms with van der Waals surface area (Å²) in [6.45, 7) is 0.00620. The summed E-state index contributed by atoms with van der Waals surface area (Å²) < 4.78 is 0. The number of para-hydroxylation sites is 1. The Hall–Kier alpha value is -2.45. The number of hydrogen-bond acceptors (Lipinski definition) is 6. The molecule has 0 spiro atoms. The van der Waals surface area contributed by atoms with E-state index in [9.17, 15) is 19.8 Å². The molecule has 2 rings (SSSR count). The lowest BCUT2D eigenvalue weighted by atomic mass is 10.1. The number of nitrogens with zero attached hydrogens (tertiary/aromatic N) is 1. The van der Waals surface area contributed by atoms with Crippen LogP contribution in [0.15, 0.2) is 23.3 Å². The van der Waals surface area contributed by atoms with E-state index >= 15 is 0 Å². The molecule has 0 unspecified atom stereocenters. The predicted octanol–water partition coefficient (Wildman–Crippen LogP) is -3.14. The predicted molar refractivity (Wildman–Crippen MR) is 62.8 cm³/mol. The van der Waals surface area contributed by atoms with Gasteiger partial charge in [0.1, 0.15) is 5.71 Å². The summed E-state index contributed by atoms with van der Waals surface area (Å²) in [6, 6.07) is 4.44. The highest BCUT2D eigenvalue weighted by Crippen LogP contribution is 2.28. The molecule has 0 bridgehead atoms.